The molecule has 1 saturated heterocycles. The minimum atomic E-state index is 0.286. The summed E-state index contributed by atoms with van der Waals surface area (Å²) >= 11 is 0. The number of rotatable bonds is 3. The highest BCUT2D eigenvalue weighted by Crippen LogP contribution is 2.22. The van der Waals surface area contributed by atoms with Gasteiger partial charge >= 0.3 is 0 Å². The Morgan fingerprint density at radius 2 is 1.95 bits per heavy atom. The third-order valence-corrected chi connectivity index (χ3v) is 4.76. The van der Waals surface area contributed by atoms with E-state index in [0.717, 1.165) is 57.8 Å². The molecule has 4 nitrogen and oxygen atoms in total. The molecule has 0 amide bonds. The van der Waals surface area contributed by atoms with Gasteiger partial charge in [0.25, 0.3) is 0 Å². The van der Waals surface area contributed by atoms with Gasteiger partial charge in [0.2, 0.25) is 0 Å². The van der Waals surface area contributed by atoms with Crippen molar-refractivity contribution in [2.45, 2.75) is 32.1 Å². The minimum absolute atomic E-state index is 0.286. The van der Waals surface area contributed by atoms with Gasteiger partial charge in [-0.25, -0.2) is 4.98 Å². The second-order valence-electron chi connectivity index (χ2n) is 6.24. The molecule has 1 unspecified atom stereocenters. The maximum Gasteiger partial charge on any atom is 0.137 e. The summed E-state index contributed by atoms with van der Waals surface area (Å²) in [5.74, 6) is 1.86. The minimum Gasteiger partial charge on any atom is -0.354 e. The second-order valence-corrected chi connectivity index (χ2v) is 6.24. The first-order chi connectivity index (χ1) is 10.3. The average Bonchev–Trinajstić information content (AvgIpc) is 2.74. The fourth-order valence-electron chi connectivity index (χ4n) is 3.44. The van der Waals surface area contributed by atoms with Gasteiger partial charge in [-0.2, -0.15) is 0 Å². The van der Waals surface area contributed by atoms with Crippen molar-refractivity contribution in [2.24, 2.45) is 5.92 Å². The van der Waals surface area contributed by atoms with Crippen LogP contribution in [-0.2, 0) is 4.79 Å². The quantitative estimate of drug-likeness (QED) is 0.800. The Morgan fingerprint density at radius 3 is 2.71 bits per heavy atom. The van der Waals surface area contributed by atoms with Crippen LogP contribution in [0.15, 0.2) is 24.4 Å². The smallest absolute Gasteiger partial charge is 0.137 e. The number of hydrogen-bond acceptors (Lipinski definition) is 4. The van der Waals surface area contributed by atoms with E-state index in [9.17, 15) is 4.79 Å². The van der Waals surface area contributed by atoms with Crippen LogP contribution < -0.4 is 4.90 Å². The lowest BCUT2D eigenvalue weighted by Crippen LogP contribution is -2.48. The van der Waals surface area contributed by atoms with Crippen LogP contribution in [-0.4, -0.2) is 48.4 Å². The van der Waals surface area contributed by atoms with Crippen molar-refractivity contribution in [3.05, 3.63) is 24.4 Å². The molecule has 4 heteroatoms. The van der Waals surface area contributed by atoms with E-state index in [1.807, 2.05) is 18.3 Å². The van der Waals surface area contributed by atoms with Crippen LogP contribution in [0.2, 0.25) is 0 Å². The number of piperazine rings is 1. The number of Topliss-reactive ketones (excluding diaryl/α,β-unsaturated/α-hetero) is 1. The van der Waals surface area contributed by atoms with Crippen molar-refractivity contribution >= 4 is 11.6 Å². The van der Waals surface area contributed by atoms with E-state index in [1.165, 1.54) is 12.8 Å². The number of ketones is 1. The molecule has 1 aliphatic heterocycles. The lowest BCUT2D eigenvalue weighted by molar-refractivity contribution is -0.123. The molecule has 0 spiro atoms. The van der Waals surface area contributed by atoms with Gasteiger partial charge in [-0.1, -0.05) is 18.9 Å². The Labute approximate surface area is 127 Å². The Kier molecular flexibility index (Phi) is 4.86. The molecule has 0 N–H and O–H groups in total. The Hall–Kier alpha value is -1.42. The number of carbonyl (C=O) groups is 1. The maximum absolute atomic E-state index is 12.1. The summed E-state index contributed by atoms with van der Waals surface area (Å²) in [7, 11) is 0. The van der Waals surface area contributed by atoms with Crippen molar-refractivity contribution in [2.75, 3.05) is 37.6 Å². The van der Waals surface area contributed by atoms with Crippen LogP contribution in [0.25, 0.3) is 0 Å². The molecule has 3 rings (SSSR count). The van der Waals surface area contributed by atoms with Crippen molar-refractivity contribution in [1.82, 2.24) is 9.88 Å². The van der Waals surface area contributed by atoms with Crippen LogP contribution in [0, 0.1) is 5.92 Å². The van der Waals surface area contributed by atoms with Crippen molar-refractivity contribution < 1.29 is 4.79 Å². The number of aromatic nitrogens is 1. The molecule has 2 aliphatic rings. The summed E-state index contributed by atoms with van der Waals surface area (Å²) in [6.07, 6.45) is 7.31. The van der Waals surface area contributed by atoms with E-state index < -0.39 is 0 Å². The fourth-order valence-corrected chi connectivity index (χ4v) is 3.44. The Morgan fingerprint density at radius 1 is 1.10 bits per heavy atom. The zero-order chi connectivity index (χ0) is 14.5. The molecule has 114 valence electrons. The van der Waals surface area contributed by atoms with E-state index in [2.05, 4.69) is 20.9 Å². The van der Waals surface area contributed by atoms with Crippen LogP contribution in [0.5, 0.6) is 0 Å². The molecule has 0 radical (unpaired) electrons. The highest BCUT2D eigenvalue weighted by molar-refractivity contribution is 5.81. The lowest BCUT2D eigenvalue weighted by atomic mass is 9.98. The first-order valence-electron chi connectivity index (χ1n) is 8.24. The van der Waals surface area contributed by atoms with E-state index in [-0.39, 0.29) is 5.92 Å². The standard InChI is InChI=1S/C17H25N3O/c21-16-7-3-1-2-6-15(16)14-19-10-12-20(13-11-19)17-8-4-5-9-18-17/h4-5,8-9,15H,1-3,6-7,10-14H2. The molecule has 2 fully saturated rings. The SMILES string of the molecule is O=C1CCCCCC1CN1CCN(c2ccccn2)CC1. The summed E-state index contributed by atoms with van der Waals surface area (Å²) in [5.41, 5.74) is 0. The summed E-state index contributed by atoms with van der Waals surface area (Å²) in [6.45, 7) is 5.07. The molecular formula is C17H25N3O. The monoisotopic (exact) mass is 287 g/mol. The summed E-state index contributed by atoms with van der Waals surface area (Å²) in [5, 5.41) is 0. The third-order valence-electron chi connectivity index (χ3n) is 4.76. The molecule has 2 heterocycles. The predicted molar refractivity (Wildman–Crippen MR) is 84.5 cm³/mol. The zero-order valence-electron chi connectivity index (χ0n) is 12.7. The molecule has 1 aromatic heterocycles. The Balaban J connectivity index is 1.50. The molecule has 1 saturated carbocycles. The van der Waals surface area contributed by atoms with Crippen LogP contribution in [0.3, 0.4) is 0 Å². The van der Waals surface area contributed by atoms with Gasteiger partial charge < -0.3 is 4.90 Å². The van der Waals surface area contributed by atoms with Gasteiger partial charge in [-0.15, -0.1) is 0 Å². The number of pyridine rings is 1. The molecule has 1 aromatic rings. The molecule has 1 atom stereocenters. The van der Waals surface area contributed by atoms with Crippen LogP contribution in [0.1, 0.15) is 32.1 Å². The first-order valence-corrected chi connectivity index (χ1v) is 8.24. The average molecular weight is 287 g/mol. The van der Waals surface area contributed by atoms with E-state index in [0.29, 0.717) is 5.78 Å². The Bertz CT molecular complexity index is 454. The molecular weight excluding hydrogens is 262 g/mol. The van der Waals surface area contributed by atoms with Gasteiger partial charge in [0.1, 0.15) is 11.6 Å². The fraction of sp³-hybridized carbons (Fsp3) is 0.647. The normalized spacial score (nSPS) is 24.9. The van der Waals surface area contributed by atoms with Crippen molar-refractivity contribution in [3.63, 3.8) is 0 Å². The zero-order valence-corrected chi connectivity index (χ0v) is 12.7. The predicted octanol–water partition coefficient (Wildman–Crippen LogP) is 2.35. The topological polar surface area (TPSA) is 36.4 Å². The van der Waals surface area contributed by atoms with Crippen LogP contribution in [0.4, 0.5) is 5.82 Å². The number of carbonyl (C=O) groups excluding carboxylic acids is 1. The summed E-state index contributed by atoms with van der Waals surface area (Å²) < 4.78 is 0. The first kappa shape index (κ1) is 14.5. The van der Waals surface area contributed by atoms with E-state index in [1.54, 1.807) is 0 Å². The summed E-state index contributed by atoms with van der Waals surface area (Å²) in [4.78, 5) is 21.4. The van der Waals surface area contributed by atoms with Crippen molar-refractivity contribution in [1.29, 1.82) is 0 Å². The lowest BCUT2D eigenvalue weighted by Gasteiger charge is -2.36. The molecule has 21 heavy (non-hydrogen) atoms. The van der Waals surface area contributed by atoms with Crippen LogP contribution >= 0.6 is 0 Å². The maximum atomic E-state index is 12.1. The van der Waals surface area contributed by atoms with Gasteiger partial charge in [-0.3, -0.25) is 9.69 Å². The number of hydrogen-bond donors (Lipinski definition) is 0. The van der Waals surface area contributed by atoms with Gasteiger partial charge in [0, 0.05) is 51.3 Å². The van der Waals surface area contributed by atoms with Gasteiger partial charge in [-0.05, 0) is 25.0 Å². The third kappa shape index (κ3) is 3.82. The largest absolute Gasteiger partial charge is 0.354 e. The second kappa shape index (κ2) is 7.03. The highest BCUT2D eigenvalue weighted by atomic mass is 16.1. The van der Waals surface area contributed by atoms with E-state index in [4.69, 9.17) is 0 Å². The molecule has 1 aliphatic carbocycles. The molecule has 0 bridgehead atoms. The summed E-state index contributed by atoms with van der Waals surface area (Å²) in [6, 6.07) is 6.07. The number of anilines is 1. The van der Waals surface area contributed by atoms with Gasteiger partial charge in [0.15, 0.2) is 0 Å². The van der Waals surface area contributed by atoms with E-state index >= 15 is 0 Å². The molecule has 0 aromatic carbocycles. The highest BCUT2D eigenvalue weighted by Gasteiger charge is 2.25. The van der Waals surface area contributed by atoms with Gasteiger partial charge in [0.05, 0.1) is 0 Å². The number of nitrogens with zero attached hydrogens (tertiary/aromatic N) is 3. The van der Waals surface area contributed by atoms with Crippen molar-refractivity contribution in [3.8, 4) is 0 Å².